The number of nitrogens with one attached hydrogen (secondary N) is 1. The van der Waals surface area contributed by atoms with Crippen LogP contribution in [0.2, 0.25) is 10.0 Å². The smallest absolute Gasteiger partial charge is 0.234 e. The highest BCUT2D eigenvalue weighted by atomic mass is 35.5. The van der Waals surface area contributed by atoms with Gasteiger partial charge in [-0.15, -0.1) is 10.2 Å². The van der Waals surface area contributed by atoms with Gasteiger partial charge >= 0.3 is 0 Å². The van der Waals surface area contributed by atoms with Gasteiger partial charge in [-0.25, -0.2) is 0 Å². The molecule has 0 saturated heterocycles. The Balaban J connectivity index is 1.65. The first kappa shape index (κ1) is 21.5. The third-order valence-electron chi connectivity index (χ3n) is 4.04. The molecule has 3 aromatic rings. The Bertz CT molecular complexity index is 962. The number of amides is 1. The third-order valence-corrected chi connectivity index (χ3v) is 5.64. The first-order chi connectivity index (χ1) is 14.0. The molecule has 1 N–H and O–H groups in total. The Hall–Kier alpha value is -2.22. The van der Waals surface area contributed by atoms with Crippen LogP contribution in [0, 0.1) is 0 Å². The van der Waals surface area contributed by atoms with Gasteiger partial charge in [-0.2, -0.15) is 0 Å². The fourth-order valence-corrected chi connectivity index (χ4v) is 3.98. The van der Waals surface area contributed by atoms with Crippen LogP contribution in [0.3, 0.4) is 0 Å². The molecule has 1 unspecified atom stereocenters. The van der Waals surface area contributed by atoms with Crippen LogP contribution in [0.25, 0.3) is 0 Å². The summed E-state index contributed by atoms with van der Waals surface area (Å²) in [6.07, 6.45) is -0.282. The molecule has 2 aromatic carbocycles. The van der Waals surface area contributed by atoms with Gasteiger partial charge in [-0.1, -0.05) is 59.2 Å². The summed E-state index contributed by atoms with van der Waals surface area (Å²) >= 11 is 13.5. The van der Waals surface area contributed by atoms with Crippen molar-refractivity contribution in [2.75, 3.05) is 11.1 Å². The Morgan fingerprint density at radius 3 is 2.48 bits per heavy atom. The molecule has 3 rings (SSSR count). The monoisotopic (exact) mass is 450 g/mol. The lowest BCUT2D eigenvalue weighted by molar-refractivity contribution is -0.113. The number of carbonyl (C=O) groups excluding carboxylic acids is 1. The number of hydrogen-bond donors (Lipinski definition) is 1. The van der Waals surface area contributed by atoms with Crippen LogP contribution in [0.5, 0.6) is 5.75 Å². The molecule has 152 valence electrons. The van der Waals surface area contributed by atoms with Gasteiger partial charge in [0.15, 0.2) is 17.1 Å². The number of nitrogens with zero attached hydrogens (tertiary/aromatic N) is 3. The van der Waals surface area contributed by atoms with Crippen molar-refractivity contribution in [3.8, 4) is 5.75 Å². The first-order valence-corrected chi connectivity index (χ1v) is 10.7. The van der Waals surface area contributed by atoms with E-state index in [9.17, 15) is 4.79 Å². The van der Waals surface area contributed by atoms with Crippen LogP contribution in [0.4, 0.5) is 5.69 Å². The topological polar surface area (TPSA) is 69.0 Å². The lowest BCUT2D eigenvalue weighted by atomic mass is 10.3. The van der Waals surface area contributed by atoms with E-state index in [4.69, 9.17) is 27.9 Å². The number of aromatic nitrogens is 3. The number of para-hydroxylation sites is 2. The molecule has 0 fully saturated rings. The Morgan fingerprint density at radius 1 is 1.14 bits per heavy atom. The van der Waals surface area contributed by atoms with Gasteiger partial charge in [0.2, 0.25) is 5.91 Å². The molecule has 1 heterocycles. The molecule has 0 aliphatic rings. The van der Waals surface area contributed by atoms with Crippen LogP contribution in [-0.2, 0) is 11.3 Å². The normalized spacial score (nSPS) is 11.9. The van der Waals surface area contributed by atoms with Gasteiger partial charge in [-0.05, 0) is 38.1 Å². The number of anilines is 1. The summed E-state index contributed by atoms with van der Waals surface area (Å²) in [5.41, 5.74) is 0.406. The number of carbonyl (C=O) groups is 1. The highest BCUT2D eigenvalue weighted by Crippen LogP contribution is 2.30. The average molecular weight is 451 g/mol. The van der Waals surface area contributed by atoms with E-state index in [1.165, 1.54) is 11.8 Å². The highest BCUT2D eigenvalue weighted by Gasteiger charge is 2.19. The SMILES string of the molecule is CCn1c(SCC(=O)Nc2c(Cl)cccc2Cl)nnc1C(C)Oc1ccccc1. The maximum Gasteiger partial charge on any atom is 0.234 e. The Labute approximate surface area is 183 Å². The van der Waals surface area contributed by atoms with Crippen LogP contribution in [-0.4, -0.2) is 26.4 Å². The molecule has 0 aliphatic carbocycles. The second-order valence-corrected chi connectivity index (χ2v) is 7.85. The second-order valence-electron chi connectivity index (χ2n) is 6.09. The van der Waals surface area contributed by atoms with Crippen molar-refractivity contribution < 1.29 is 9.53 Å². The van der Waals surface area contributed by atoms with Crippen LogP contribution < -0.4 is 10.1 Å². The quantitative estimate of drug-likeness (QED) is 0.460. The number of rotatable bonds is 8. The zero-order valence-electron chi connectivity index (χ0n) is 15.9. The van der Waals surface area contributed by atoms with Crippen molar-refractivity contribution in [1.29, 1.82) is 0 Å². The minimum atomic E-state index is -0.282. The van der Waals surface area contributed by atoms with E-state index in [1.54, 1.807) is 18.2 Å². The van der Waals surface area contributed by atoms with Crippen LogP contribution >= 0.6 is 35.0 Å². The number of halogens is 2. The van der Waals surface area contributed by atoms with Crippen LogP contribution in [0.1, 0.15) is 25.8 Å². The molecule has 29 heavy (non-hydrogen) atoms. The van der Waals surface area contributed by atoms with Crippen molar-refractivity contribution in [3.63, 3.8) is 0 Å². The lowest BCUT2D eigenvalue weighted by Crippen LogP contribution is -2.16. The highest BCUT2D eigenvalue weighted by molar-refractivity contribution is 7.99. The summed E-state index contributed by atoms with van der Waals surface area (Å²) in [5.74, 6) is 1.38. The summed E-state index contributed by atoms with van der Waals surface area (Å²) in [4.78, 5) is 12.3. The van der Waals surface area contributed by atoms with Gasteiger partial charge in [0.25, 0.3) is 0 Å². The van der Waals surface area contributed by atoms with Crippen molar-refractivity contribution >= 4 is 46.6 Å². The molecule has 0 radical (unpaired) electrons. The van der Waals surface area contributed by atoms with Crippen molar-refractivity contribution in [2.45, 2.75) is 31.7 Å². The van der Waals surface area contributed by atoms with Crippen molar-refractivity contribution in [2.24, 2.45) is 0 Å². The maximum atomic E-state index is 12.3. The fraction of sp³-hybridized carbons (Fsp3) is 0.250. The van der Waals surface area contributed by atoms with Gasteiger partial charge in [0.1, 0.15) is 5.75 Å². The van der Waals surface area contributed by atoms with Crippen molar-refractivity contribution in [3.05, 3.63) is 64.4 Å². The molecule has 1 aromatic heterocycles. The largest absolute Gasteiger partial charge is 0.483 e. The predicted molar refractivity (Wildman–Crippen MR) is 117 cm³/mol. The Morgan fingerprint density at radius 2 is 1.83 bits per heavy atom. The Kier molecular flexibility index (Phi) is 7.41. The van der Waals surface area contributed by atoms with Gasteiger partial charge in [0.05, 0.1) is 21.5 Å². The number of benzene rings is 2. The van der Waals surface area contributed by atoms with Gasteiger partial charge in [0, 0.05) is 6.54 Å². The van der Waals surface area contributed by atoms with E-state index in [1.807, 2.05) is 48.7 Å². The summed E-state index contributed by atoms with van der Waals surface area (Å²) in [5, 5.41) is 12.7. The summed E-state index contributed by atoms with van der Waals surface area (Å²) in [7, 11) is 0. The zero-order valence-corrected chi connectivity index (χ0v) is 18.3. The minimum absolute atomic E-state index is 0.146. The maximum absolute atomic E-state index is 12.3. The van der Waals surface area contributed by atoms with E-state index < -0.39 is 0 Å². The molecule has 9 heteroatoms. The lowest BCUT2D eigenvalue weighted by Gasteiger charge is -2.15. The van der Waals surface area contributed by atoms with Gasteiger partial charge < -0.3 is 14.6 Å². The number of ether oxygens (including phenoxy) is 1. The van der Waals surface area contributed by atoms with Crippen LogP contribution in [0.15, 0.2) is 53.7 Å². The molecular weight excluding hydrogens is 431 g/mol. The molecule has 0 saturated carbocycles. The van der Waals surface area contributed by atoms with E-state index in [0.29, 0.717) is 33.3 Å². The van der Waals surface area contributed by atoms with E-state index in [0.717, 1.165) is 5.75 Å². The summed E-state index contributed by atoms with van der Waals surface area (Å²) < 4.78 is 7.88. The van der Waals surface area contributed by atoms with Crippen molar-refractivity contribution in [1.82, 2.24) is 14.8 Å². The van der Waals surface area contributed by atoms with E-state index >= 15 is 0 Å². The molecular formula is C20H20Cl2N4O2S. The third kappa shape index (κ3) is 5.44. The minimum Gasteiger partial charge on any atom is -0.483 e. The zero-order chi connectivity index (χ0) is 20.8. The summed E-state index contributed by atoms with van der Waals surface area (Å²) in [6, 6.07) is 14.6. The molecule has 1 amide bonds. The molecule has 6 nitrogen and oxygen atoms in total. The fourth-order valence-electron chi connectivity index (χ4n) is 2.68. The van der Waals surface area contributed by atoms with Gasteiger partial charge in [-0.3, -0.25) is 4.79 Å². The predicted octanol–water partition coefficient (Wildman–Crippen LogP) is 5.48. The van der Waals surface area contributed by atoms with E-state index in [2.05, 4.69) is 15.5 Å². The molecule has 0 aliphatic heterocycles. The molecule has 0 bridgehead atoms. The average Bonchev–Trinajstić information content (AvgIpc) is 3.13. The number of hydrogen-bond acceptors (Lipinski definition) is 5. The second kappa shape index (κ2) is 10.0. The molecule has 0 spiro atoms. The summed E-state index contributed by atoms with van der Waals surface area (Å²) in [6.45, 7) is 4.57. The van der Waals surface area contributed by atoms with E-state index in [-0.39, 0.29) is 17.8 Å². The standard InChI is InChI=1S/C20H20Cl2N4O2S/c1-3-26-19(13(2)28-14-8-5-4-6-9-14)24-25-20(26)29-12-17(27)23-18-15(21)10-7-11-16(18)22/h4-11,13H,3,12H2,1-2H3,(H,23,27). The number of thioether (sulfide) groups is 1. The first-order valence-electron chi connectivity index (χ1n) is 9.01. The molecule has 1 atom stereocenters.